The number of hydrogen-bond donors (Lipinski definition) is 1. The van der Waals surface area contributed by atoms with Crippen molar-refractivity contribution in [2.24, 2.45) is 0 Å². The molecule has 0 radical (unpaired) electrons. The molecule has 1 heterocycles. The molecular weight excluding hydrogens is 240 g/mol. The molecule has 0 aliphatic carbocycles. The molecule has 4 heteroatoms. The predicted octanol–water partition coefficient (Wildman–Crippen LogP) is 2.90. The molecule has 2 aromatic rings. The average molecular weight is 258 g/mol. The van der Waals surface area contributed by atoms with Crippen LogP contribution in [0, 0.1) is 6.92 Å². The first-order valence-corrected chi connectivity index (χ1v) is 6.16. The number of carbonyl (C=O) groups excluding carboxylic acids is 1. The molecule has 100 valence electrons. The van der Waals surface area contributed by atoms with Crippen molar-refractivity contribution in [3.05, 3.63) is 53.5 Å². The van der Waals surface area contributed by atoms with Crippen molar-refractivity contribution < 1.29 is 9.21 Å². The molecule has 0 aliphatic heterocycles. The fraction of sp³-hybridized carbons (Fsp3) is 0.267. The Morgan fingerprint density at radius 3 is 2.74 bits per heavy atom. The highest BCUT2D eigenvalue weighted by Crippen LogP contribution is 2.15. The molecule has 1 aromatic heterocycles. The maximum absolute atomic E-state index is 11.9. The molecule has 0 atom stereocenters. The summed E-state index contributed by atoms with van der Waals surface area (Å²) >= 11 is 0. The second-order valence-corrected chi connectivity index (χ2v) is 4.66. The van der Waals surface area contributed by atoms with Crippen LogP contribution in [-0.4, -0.2) is 24.9 Å². The van der Waals surface area contributed by atoms with E-state index in [-0.39, 0.29) is 5.91 Å². The van der Waals surface area contributed by atoms with Crippen LogP contribution in [-0.2, 0) is 6.54 Å². The Balaban J connectivity index is 2.07. The molecule has 0 saturated carbocycles. The largest absolute Gasteiger partial charge is 0.467 e. The van der Waals surface area contributed by atoms with E-state index in [2.05, 4.69) is 5.32 Å². The van der Waals surface area contributed by atoms with E-state index in [1.54, 1.807) is 25.3 Å². The van der Waals surface area contributed by atoms with Crippen LogP contribution in [0.25, 0.3) is 0 Å². The van der Waals surface area contributed by atoms with Crippen molar-refractivity contribution in [1.29, 1.82) is 0 Å². The lowest BCUT2D eigenvalue weighted by atomic mass is 10.1. The summed E-state index contributed by atoms with van der Waals surface area (Å²) in [5, 5.41) is 3.26. The number of nitrogens with zero attached hydrogens (tertiary/aromatic N) is 1. The molecule has 0 aliphatic rings. The van der Waals surface area contributed by atoms with Crippen molar-refractivity contribution in [1.82, 2.24) is 4.90 Å². The van der Waals surface area contributed by atoms with Gasteiger partial charge in [-0.05, 0) is 36.8 Å². The van der Waals surface area contributed by atoms with E-state index < -0.39 is 0 Å². The Hall–Kier alpha value is -2.23. The van der Waals surface area contributed by atoms with E-state index in [9.17, 15) is 4.79 Å². The molecule has 1 aromatic carbocycles. The fourth-order valence-electron chi connectivity index (χ4n) is 1.79. The third kappa shape index (κ3) is 3.16. The minimum Gasteiger partial charge on any atom is -0.467 e. The number of furan rings is 1. The summed E-state index contributed by atoms with van der Waals surface area (Å²) < 4.78 is 5.36. The number of amides is 1. The lowest BCUT2D eigenvalue weighted by molar-refractivity contribution is 0.0827. The summed E-state index contributed by atoms with van der Waals surface area (Å²) in [6.07, 6.45) is 1.68. The first kappa shape index (κ1) is 13.2. The zero-order valence-electron chi connectivity index (χ0n) is 11.4. The molecule has 1 N–H and O–H groups in total. The highest BCUT2D eigenvalue weighted by molar-refractivity contribution is 5.94. The minimum atomic E-state index is -0.00201. The van der Waals surface area contributed by atoms with Crippen molar-refractivity contribution >= 4 is 11.6 Å². The van der Waals surface area contributed by atoms with E-state index in [0.29, 0.717) is 12.1 Å². The Morgan fingerprint density at radius 2 is 2.11 bits per heavy atom. The van der Waals surface area contributed by atoms with Crippen LogP contribution in [0.2, 0.25) is 0 Å². The molecule has 0 spiro atoms. The van der Waals surface area contributed by atoms with Gasteiger partial charge in [0.05, 0.1) is 12.8 Å². The Bertz CT molecular complexity index is 573. The van der Waals surface area contributed by atoms with Gasteiger partial charge in [0.2, 0.25) is 0 Å². The van der Waals surface area contributed by atoms with E-state index in [1.807, 2.05) is 37.3 Å². The van der Waals surface area contributed by atoms with E-state index >= 15 is 0 Å². The number of anilines is 1. The van der Waals surface area contributed by atoms with Crippen LogP contribution in [0.1, 0.15) is 21.7 Å². The molecule has 0 fully saturated rings. The van der Waals surface area contributed by atoms with Crippen LogP contribution >= 0.6 is 0 Å². The highest BCUT2D eigenvalue weighted by atomic mass is 16.3. The molecule has 2 rings (SSSR count). The van der Waals surface area contributed by atoms with E-state index in [0.717, 1.165) is 17.0 Å². The highest BCUT2D eigenvalue weighted by Gasteiger charge is 2.08. The van der Waals surface area contributed by atoms with Crippen molar-refractivity contribution in [3.8, 4) is 0 Å². The van der Waals surface area contributed by atoms with Crippen LogP contribution in [0.4, 0.5) is 5.69 Å². The molecule has 0 bridgehead atoms. The summed E-state index contributed by atoms with van der Waals surface area (Å²) in [4.78, 5) is 13.4. The minimum absolute atomic E-state index is 0.00201. The Labute approximate surface area is 113 Å². The smallest absolute Gasteiger partial charge is 0.253 e. The maximum Gasteiger partial charge on any atom is 0.253 e. The number of rotatable bonds is 4. The summed E-state index contributed by atoms with van der Waals surface area (Å²) in [6, 6.07) is 9.40. The van der Waals surface area contributed by atoms with Gasteiger partial charge in [-0.3, -0.25) is 4.79 Å². The molecule has 0 unspecified atom stereocenters. The topological polar surface area (TPSA) is 45.5 Å². The molecule has 1 amide bonds. The van der Waals surface area contributed by atoms with E-state index in [4.69, 9.17) is 4.42 Å². The van der Waals surface area contributed by atoms with Gasteiger partial charge in [0.1, 0.15) is 5.76 Å². The predicted molar refractivity (Wildman–Crippen MR) is 75.2 cm³/mol. The Kier molecular flexibility index (Phi) is 3.90. The Morgan fingerprint density at radius 1 is 1.32 bits per heavy atom. The van der Waals surface area contributed by atoms with Gasteiger partial charge in [-0.1, -0.05) is 6.07 Å². The monoisotopic (exact) mass is 258 g/mol. The van der Waals surface area contributed by atoms with Crippen LogP contribution in [0.3, 0.4) is 0 Å². The quantitative estimate of drug-likeness (QED) is 0.917. The van der Waals surface area contributed by atoms with Gasteiger partial charge in [-0.2, -0.15) is 0 Å². The van der Waals surface area contributed by atoms with Crippen LogP contribution in [0.5, 0.6) is 0 Å². The maximum atomic E-state index is 11.9. The van der Waals surface area contributed by atoms with Gasteiger partial charge < -0.3 is 14.6 Å². The standard InChI is InChI=1S/C15H18N2O2/c1-11-7-8-19-14(11)10-16-13-6-4-5-12(9-13)15(18)17(2)3/h4-9,16H,10H2,1-3H3. The fourth-order valence-corrected chi connectivity index (χ4v) is 1.79. The molecule has 4 nitrogen and oxygen atoms in total. The lowest BCUT2D eigenvalue weighted by Crippen LogP contribution is -2.21. The zero-order valence-corrected chi connectivity index (χ0v) is 11.4. The van der Waals surface area contributed by atoms with Crippen LogP contribution < -0.4 is 5.32 Å². The third-order valence-corrected chi connectivity index (χ3v) is 2.94. The first-order chi connectivity index (χ1) is 9.08. The number of nitrogens with one attached hydrogen (secondary N) is 1. The van der Waals surface area contributed by atoms with Gasteiger partial charge in [-0.25, -0.2) is 0 Å². The number of hydrogen-bond acceptors (Lipinski definition) is 3. The third-order valence-electron chi connectivity index (χ3n) is 2.94. The van der Waals surface area contributed by atoms with Gasteiger partial charge in [0.25, 0.3) is 5.91 Å². The molecule has 0 saturated heterocycles. The normalized spacial score (nSPS) is 10.3. The van der Waals surface area contributed by atoms with Crippen LogP contribution in [0.15, 0.2) is 41.0 Å². The average Bonchev–Trinajstić information content (AvgIpc) is 2.81. The summed E-state index contributed by atoms with van der Waals surface area (Å²) in [7, 11) is 3.49. The van der Waals surface area contributed by atoms with Crippen molar-refractivity contribution in [3.63, 3.8) is 0 Å². The zero-order chi connectivity index (χ0) is 13.8. The van der Waals surface area contributed by atoms with E-state index in [1.165, 1.54) is 0 Å². The second-order valence-electron chi connectivity index (χ2n) is 4.66. The van der Waals surface area contributed by atoms with Gasteiger partial charge >= 0.3 is 0 Å². The summed E-state index contributed by atoms with van der Waals surface area (Å²) in [5.41, 5.74) is 2.70. The number of aryl methyl sites for hydroxylation is 1. The van der Waals surface area contributed by atoms with Gasteiger partial charge in [0.15, 0.2) is 0 Å². The van der Waals surface area contributed by atoms with Crippen molar-refractivity contribution in [2.75, 3.05) is 19.4 Å². The first-order valence-electron chi connectivity index (χ1n) is 6.16. The molecule has 19 heavy (non-hydrogen) atoms. The van der Waals surface area contributed by atoms with Gasteiger partial charge in [0, 0.05) is 25.3 Å². The SMILES string of the molecule is Cc1ccoc1CNc1cccc(C(=O)N(C)C)c1. The second kappa shape index (κ2) is 5.61. The van der Waals surface area contributed by atoms with Gasteiger partial charge in [-0.15, -0.1) is 0 Å². The summed E-state index contributed by atoms with van der Waals surface area (Å²) in [6.45, 7) is 2.62. The number of benzene rings is 1. The lowest BCUT2D eigenvalue weighted by Gasteiger charge is -2.12. The number of carbonyl (C=O) groups is 1. The summed E-state index contributed by atoms with van der Waals surface area (Å²) in [5.74, 6) is 0.905. The molecular formula is C15H18N2O2. The van der Waals surface area contributed by atoms with Crippen molar-refractivity contribution in [2.45, 2.75) is 13.5 Å².